The number of thioether (sulfide) groups is 1. The number of carbonyl (C=O) groups excluding carboxylic acids is 3. The topological polar surface area (TPSA) is 75.7 Å². The van der Waals surface area contributed by atoms with Gasteiger partial charge in [-0.25, -0.2) is 4.79 Å². The fourth-order valence-electron chi connectivity index (χ4n) is 4.58. The van der Waals surface area contributed by atoms with Crippen molar-refractivity contribution in [2.45, 2.75) is 30.0 Å². The van der Waals surface area contributed by atoms with Gasteiger partial charge in [0.1, 0.15) is 11.4 Å². The lowest BCUT2D eigenvalue weighted by molar-refractivity contribution is -0.165. The molecule has 0 saturated carbocycles. The molecule has 1 N–H and O–H groups in total. The van der Waals surface area contributed by atoms with Crippen LogP contribution in [0.2, 0.25) is 0 Å². The molecule has 188 valence electrons. The van der Waals surface area contributed by atoms with E-state index in [9.17, 15) is 14.4 Å². The van der Waals surface area contributed by atoms with Crippen molar-refractivity contribution in [2.24, 2.45) is 0 Å². The average molecular weight is 578 g/mol. The third-order valence-electron chi connectivity index (χ3n) is 6.41. The van der Waals surface area contributed by atoms with Gasteiger partial charge in [0, 0.05) is 5.33 Å². The van der Waals surface area contributed by atoms with Crippen molar-refractivity contribution >= 4 is 45.5 Å². The minimum Gasteiger partial charge on any atom is -0.451 e. The van der Waals surface area contributed by atoms with Crippen molar-refractivity contribution in [3.63, 3.8) is 0 Å². The molecule has 0 aromatic heterocycles. The number of benzene rings is 3. The van der Waals surface area contributed by atoms with Crippen LogP contribution >= 0.6 is 27.7 Å². The molecule has 0 radical (unpaired) electrons. The average Bonchev–Trinajstić information content (AvgIpc) is 2.95. The van der Waals surface area contributed by atoms with Crippen molar-refractivity contribution in [3.05, 3.63) is 119 Å². The summed E-state index contributed by atoms with van der Waals surface area (Å²) in [7, 11) is 0. The maximum absolute atomic E-state index is 13.7. The van der Waals surface area contributed by atoms with Crippen LogP contribution in [0.4, 0.5) is 0 Å². The molecule has 1 unspecified atom stereocenters. The first-order valence-corrected chi connectivity index (χ1v) is 14.0. The van der Waals surface area contributed by atoms with Crippen LogP contribution in [0.15, 0.2) is 102 Å². The lowest BCUT2D eigenvalue weighted by atomic mass is 9.97. The zero-order valence-electron chi connectivity index (χ0n) is 19.8. The Hall–Kier alpha value is -3.36. The molecule has 0 bridgehead atoms. The summed E-state index contributed by atoms with van der Waals surface area (Å²) in [5.41, 5.74) is 3.30. The summed E-state index contributed by atoms with van der Waals surface area (Å²) >= 11 is 4.89. The van der Waals surface area contributed by atoms with Gasteiger partial charge in [-0.15, -0.1) is 11.8 Å². The molecule has 5 rings (SSSR count). The van der Waals surface area contributed by atoms with E-state index < -0.39 is 24.2 Å². The van der Waals surface area contributed by atoms with Crippen molar-refractivity contribution in [2.75, 3.05) is 5.33 Å². The molecule has 1 saturated heterocycles. The zero-order chi connectivity index (χ0) is 25.8. The van der Waals surface area contributed by atoms with Gasteiger partial charge >= 0.3 is 5.97 Å². The molecule has 3 aromatic carbocycles. The molecule has 2 aliphatic rings. The van der Waals surface area contributed by atoms with E-state index in [2.05, 4.69) is 21.2 Å². The second-order valence-electron chi connectivity index (χ2n) is 8.85. The minimum absolute atomic E-state index is 0.186. The standard InChI is InChI=1S/C29H25BrN2O4S/c30-17-22-18-37-28-24(31-23(33)16-19-10-4-1-5-11-19)27(34)32(28)25(22)29(35)36-26(20-12-6-2-7-13-20)21-14-8-3-9-15-21/h1-15,18,24-26,28H,16-17H2,(H,31,33)/t24-,25?,28-/m1/s1. The van der Waals surface area contributed by atoms with Crippen LogP contribution < -0.4 is 5.32 Å². The maximum atomic E-state index is 13.7. The van der Waals surface area contributed by atoms with Gasteiger partial charge < -0.3 is 15.0 Å². The number of fused-ring (bicyclic) bond motifs is 1. The predicted molar refractivity (Wildman–Crippen MR) is 147 cm³/mol. The summed E-state index contributed by atoms with van der Waals surface area (Å²) in [6, 6.07) is 26.9. The number of rotatable bonds is 8. The third-order valence-corrected chi connectivity index (χ3v) is 8.27. The Bertz CT molecular complexity index is 1260. The van der Waals surface area contributed by atoms with Crippen LogP contribution in [-0.4, -0.2) is 45.5 Å². The fraction of sp³-hybridized carbons (Fsp3) is 0.207. The quantitative estimate of drug-likeness (QED) is 0.241. The summed E-state index contributed by atoms with van der Waals surface area (Å²) in [6.07, 6.45) is -0.427. The number of carbonyl (C=O) groups is 3. The highest BCUT2D eigenvalue weighted by atomic mass is 79.9. The Morgan fingerprint density at radius 3 is 2.05 bits per heavy atom. The number of halogens is 1. The second kappa shape index (κ2) is 11.4. The van der Waals surface area contributed by atoms with Gasteiger partial charge in [-0.1, -0.05) is 107 Å². The number of esters is 1. The summed E-state index contributed by atoms with van der Waals surface area (Å²) in [5, 5.41) is 4.79. The highest BCUT2D eigenvalue weighted by Gasteiger charge is 2.56. The number of ether oxygens (including phenoxy) is 1. The number of hydrogen-bond acceptors (Lipinski definition) is 5. The zero-order valence-corrected chi connectivity index (χ0v) is 22.2. The molecular formula is C29H25BrN2O4S. The molecule has 0 spiro atoms. The van der Waals surface area contributed by atoms with Gasteiger partial charge in [-0.2, -0.15) is 0 Å². The number of β-lactam (4-membered cyclic amide) rings is 1. The molecular weight excluding hydrogens is 552 g/mol. The summed E-state index contributed by atoms with van der Waals surface area (Å²) in [4.78, 5) is 41.0. The number of nitrogens with one attached hydrogen (secondary N) is 1. The second-order valence-corrected chi connectivity index (χ2v) is 10.4. The summed E-state index contributed by atoms with van der Waals surface area (Å²) in [5.74, 6) is -1.02. The van der Waals surface area contributed by atoms with Crippen LogP contribution in [0.1, 0.15) is 22.8 Å². The lowest BCUT2D eigenvalue weighted by Gasteiger charge is -2.51. The van der Waals surface area contributed by atoms with E-state index in [-0.39, 0.29) is 23.6 Å². The Labute approximate surface area is 228 Å². The SMILES string of the molecule is O=C(Cc1ccccc1)N[C@@H]1C(=O)N2C(C(=O)OC(c3ccccc3)c3ccccc3)C(CBr)=CS[C@H]12. The van der Waals surface area contributed by atoms with Gasteiger partial charge in [0.2, 0.25) is 11.8 Å². The fourth-order valence-corrected chi connectivity index (χ4v) is 6.49. The molecule has 3 aromatic rings. The predicted octanol–water partition coefficient (Wildman–Crippen LogP) is 4.61. The number of amides is 2. The lowest BCUT2D eigenvalue weighted by Crippen LogP contribution is -2.74. The van der Waals surface area contributed by atoms with E-state index in [0.717, 1.165) is 22.3 Å². The van der Waals surface area contributed by atoms with Crippen molar-refractivity contribution < 1.29 is 19.1 Å². The van der Waals surface area contributed by atoms with Crippen LogP contribution in [0, 0.1) is 0 Å². The molecule has 8 heteroatoms. The normalized spacial score (nSPS) is 20.5. The summed E-state index contributed by atoms with van der Waals surface area (Å²) < 4.78 is 6.10. The van der Waals surface area contributed by atoms with Crippen molar-refractivity contribution in [1.29, 1.82) is 0 Å². The summed E-state index contributed by atoms with van der Waals surface area (Å²) in [6.45, 7) is 0. The van der Waals surface area contributed by atoms with Gasteiger partial charge in [0.25, 0.3) is 0 Å². The third kappa shape index (κ3) is 5.36. The van der Waals surface area contributed by atoms with Crippen molar-refractivity contribution in [3.8, 4) is 0 Å². The Balaban J connectivity index is 1.34. The van der Waals surface area contributed by atoms with Crippen LogP contribution in [-0.2, 0) is 25.5 Å². The maximum Gasteiger partial charge on any atom is 0.334 e. The van der Waals surface area contributed by atoms with Gasteiger partial charge in [0.05, 0.1) is 6.42 Å². The first-order chi connectivity index (χ1) is 18.1. The molecule has 2 heterocycles. The number of alkyl halides is 1. The van der Waals surface area contributed by atoms with Crippen molar-refractivity contribution in [1.82, 2.24) is 10.2 Å². The first kappa shape index (κ1) is 25.3. The number of nitrogens with zero attached hydrogens (tertiary/aromatic N) is 1. The van der Waals surface area contributed by atoms with E-state index >= 15 is 0 Å². The largest absolute Gasteiger partial charge is 0.451 e. The Morgan fingerprint density at radius 1 is 0.919 bits per heavy atom. The van der Waals surface area contributed by atoms with Crippen LogP contribution in [0.25, 0.3) is 0 Å². The first-order valence-electron chi connectivity index (χ1n) is 11.9. The van der Waals surface area contributed by atoms with Gasteiger partial charge in [-0.05, 0) is 27.7 Å². The molecule has 6 nitrogen and oxygen atoms in total. The van der Waals surface area contributed by atoms with E-state index in [1.54, 1.807) is 0 Å². The van der Waals surface area contributed by atoms with Gasteiger partial charge in [0.15, 0.2) is 12.1 Å². The monoisotopic (exact) mass is 576 g/mol. The molecule has 2 aliphatic heterocycles. The molecule has 1 fully saturated rings. The molecule has 37 heavy (non-hydrogen) atoms. The molecule has 2 amide bonds. The Kier molecular flexibility index (Phi) is 7.76. The highest BCUT2D eigenvalue weighted by Crippen LogP contribution is 2.41. The minimum atomic E-state index is -0.865. The van der Waals surface area contributed by atoms with E-state index in [4.69, 9.17) is 4.74 Å². The highest BCUT2D eigenvalue weighted by molar-refractivity contribution is 9.09. The van der Waals surface area contributed by atoms with Crippen LogP contribution in [0.3, 0.4) is 0 Å². The molecule has 3 atom stereocenters. The number of hydrogen-bond donors (Lipinski definition) is 1. The van der Waals surface area contributed by atoms with E-state index in [0.29, 0.717) is 5.33 Å². The smallest absolute Gasteiger partial charge is 0.334 e. The van der Waals surface area contributed by atoms with Gasteiger partial charge in [-0.3, -0.25) is 9.59 Å². The molecule has 0 aliphatic carbocycles. The van der Waals surface area contributed by atoms with Crippen LogP contribution in [0.5, 0.6) is 0 Å². The van der Waals surface area contributed by atoms with E-state index in [1.807, 2.05) is 96.4 Å². The van der Waals surface area contributed by atoms with E-state index in [1.165, 1.54) is 16.7 Å². The Morgan fingerprint density at radius 2 is 1.49 bits per heavy atom.